The number of phenolic OH excluding ortho intramolecular Hbond substituents is 1. The Hall–Kier alpha value is -6.18. The van der Waals surface area contributed by atoms with Crippen molar-refractivity contribution in [3.63, 3.8) is 0 Å². The van der Waals surface area contributed by atoms with Crippen molar-refractivity contribution in [2.45, 2.75) is 69.0 Å². The molecule has 0 spiro atoms. The molecule has 314 valence electrons. The predicted octanol–water partition coefficient (Wildman–Crippen LogP) is 7.76. The second kappa shape index (κ2) is 16.6. The molecule has 6 heterocycles. The molecule has 2 unspecified atom stereocenters. The fourth-order valence-electron chi connectivity index (χ4n) is 10.2. The summed E-state index contributed by atoms with van der Waals surface area (Å²) in [6.45, 7) is 4.12. The normalized spacial score (nSPS) is 21.9. The molecule has 4 aliphatic heterocycles. The SMILES string of the molecule is C#Cc1c(F)ccc2cc(O)cc(-c3nc(C#CCN(Cc4ccccc4)Cc4ccccc4)c4c(N5CC6CCC(C5)N6)nc(OC[C@@]56CCCN5C[C@H](F)C6)nc4c3F)c12. The van der Waals surface area contributed by atoms with Gasteiger partial charge in [0.2, 0.25) is 0 Å². The maximum atomic E-state index is 17.8. The van der Waals surface area contributed by atoms with E-state index in [0.717, 1.165) is 43.4 Å². The minimum Gasteiger partial charge on any atom is -0.508 e. The highest BCUT2D eigenvalue weighted by molar-refractivity contribution is 6.04. The van der Waals surface area contributed by atoms with E-state index in [2.05, 4.69) is 62.0 Å². The lowest BCUT2D eigenvalue weighted by Gasteiger charge is -2.35. The van der Waals surface area contributed by atoms with Crippen molar-refractivity contribution in [3.8, 4) is 47.2 Å². The molecule has 9 nitrogen and oxygen atoms in total. The fourth-order valence-corrected chi connectivity index (χ4v) is 10.2. The average Bonchev–Trinajstić information content (AvgIpc) is 3.93. The van der Waals surface area contributed by atoms with Gasteiger partial charge in [0.15, 0.2) is 5.82 Å². The number of aromatic nitrogens is 3. The number of nitrogens with one attached hydrogen (secondary N) is 1. The quantitative estimate of drug-likeness (QED) is 0.135. The summed E-state index contributed by atoms with van der Waals surface area (Å²) in [5.74, 6) is 7.90. The van der Waals surface area contributed by atoms with Crippen LogP contribution in [0.2, 0.25) is 0 Å². The van der Waals surface area contributed by atoms with Gasteiger partial charge in [-0.1, -0.05) is 78.6 Å². The van der Waals surface area contributed by atoms with E-state index < -0.39 is 23.3 Å². The minimum atomic E-state index is -0.957. The molecule has 2 bridgehead atoms. The lowest BCUT2D eigenvalue weighted by Crippen LogP contribution is -2.51. The Morgan fingerprint density at radius 3 is 2.34 bits per heavy atom. The summed E-state index contributed by atoms with van der Waals surface area (Å²) >= 11 is 0. The van der Waals surface area contributed by atoms with Crippen molar-refractivity contribution in [2.24, 2.45) is 0 Å². The standard InChI is InChI=1S/C50H46F3N7O2/c1-2-39-41(52)19-16-34-23-38(61)24-40(43(34)39)46-45(53)47-44(42(55-46)15-9-21-58(26-32-11-5-3-6-12-32)27-33-13-7-4-8-14-33)48(59-29-36-17-18-37(30-59)54-36)57-49(56-47)62-31-50-20-10-22-60(50)28-35(51)25-50/h1,3-8,11-14,16,19,23-24,35-37,54,61H,10,17-18,20-22,25-31H2/t35-,36?,37?,50+/m1/s1. The molecule has 0 aliphatic carbocycles. The van der Waals surface area contributed by atoms with Crippen LogP contribution in [0.3, 0.4) is 0 Å². The van der Waals surface area contributed by atoms with E-state index in [1.54, 1.807) is 0 Å². The molecule has 0 amide bonds. The molecule has 6 aromatic rings. The van der Waals surface area contributed by atoms with Gasteiger partial charge in [-0.3, -0.25) is 9.80 Å². The Labute approximate surface area is 358 Å². The maximum Gasteiger partial charge on any atom is 0.319 e. The summed E-state index contributed by atoms with van der Waals surface area (Å²) < 4.78 is 54.5. The number of fused-ring (bicyclic) bond motifs is 5. The van der Waals surface area contributed by atoms with Crippen molar-refractivity contribution in [1.29, 1.82) is 0 Å². The van der Waals surface area contributed by atoms with E-state index in [4.69, 9.17) is 26.1 Å². The zero-order valence-electron chi connectivity index (χ0n) is 34.3. The van der Waals surface area contributed by atoms with Crippen LogP contribution in [0, 0.1) is 35.8 Å². The molecule has 12 heteroatoms. The Morgan fingerprint density at radius 2 is 1.63 bits per heavy atom. The number of nitrogens with zero attached hydrogens (tertiary/aromatic N) is 6. The number of hydrogen-bond donors (Lipinski definition) is 2. The first kappa shape index (κ1) is 39.9. The summed E-state index contributed by atoms with van der Waals surface area (Å²) in [7, 11) is 0. The Kier molecular flexibility index (Phi) is 10.7. The summed E-state index contributed by atoms with van der Waals surface area (Å²) in [5, 5.41) is 15.6. The number of benzene rings is 4. The first-order valence-corrected chi connectivity index (χ1v) is 21.4. The third-order valence-electron chi connectivity index (χ3n) is 13.0. The van der Waals surface area contributed by atoms with E-state index in [0.29, 0.717) is 62.3 Å². The van der Waals surface area contributed by atoms with Crippen LogP contribution in [-0.2, 0) is 13.1 Å². The summed E-state index contributed by atoms with van der Waals surface area (Å²) in [4.78, 5) is 21.3. The van der Waals surface area contributed by atoms with Gasteiger partial charge in [0.05, 0.1) is 23.0 Å². The van der Waals surface area contributed by atoms with Gasteiger partial charge in [-0.15, -0.1) is 6.42 Å². The summed E-state index contributed by atoms with van der Waals surface area (Å²) in [6.07, 6.45) is 8.97. The van der Waals surface area contributed by atoms with Crippen LogP contribution >= 0.6 is 0 Å². The molecular weight excluding hydrogens is 788 g/mol. The van der Waals surface area contributed by atoms with E-state index in [9.17, 15) is 9.50 Å². The topological polar surface area (TPSA) is 89.9 Å². The molecule has 10 rings (SSSR count). The van der Waals surface area contributed by atoms with Crippen LogP contribution < -0.4 is 15.0 Å². The molecule has 4 atom stereocenters. The second-order valence-electron chi connectivity index (χ2n) is 17.2. The number of terminal acetylenes is 1. The van der Waals surface area contributed by atoms with Crippen LogP contribution in [0.15, 0.2) is 84.9 Å². The monoisotopic (exact) mass is 833 g/mol. The van der Waals surface area contributed by atoms with Crippen molar-refractivity contribution in [2.75, 3.05) is 44.2 Å². The van der Waals surface area contributed by atoms with Gasteiger partial charge in [0.1, 0.15) is 47.1 Å². The van der Waals surface area contributed by atoms with Gasteiger partial charge in [-0.25, -0.2) is 18.2 Å². The summed E-state index contributed by atoms with van der Waals surface area (Å²) in [6, 6.07) is 26.2. The number of phenols is 1. The van der Waals surface area contributed by atoms with Crippen LogP contribution in [-0.4, -0.2) is 93.0 Å². The largest absolute Gasteiger partial charge is 0.508 e. The average molecular weight is 834 g/mol. The van der Waals surface area contributed by atoms with Crippen LogP contribution in [0.1, 0.15) is 54.5 Å². The highest BCUT2D eigenvalue weighted by Crippen LogP contribution is 2.43. The fraction of sp³-hybridized carbons (Fsp3) is 0.340. The molecule has 0 radical (unpaired) electrons. The molecule has 0 saturated carbocycles. The van der Waals surface area contributed by atoms with Gasteiger partial charge in [0.25, 0.3) is 0 Å². The number of halogens is 3. The molecular formula is C50H46F3N7O2. The molecule has 4 aliphatic rings. The lowest BCUT2D eigenvalue weighted by molar-refractivity contribution is 0.107. The Balaban J connectivity index is 1.15. The lowest BCUT2D eigenvalue weighted by atomic mass is 9.95. The Bertz CT molecular complexity index is 2720. The van der Waals surface area contributed by atoms with E-state index >= 15 is 8.78 Å². The number of rotatable bonds is 10. The van der Waals surface area contributed by atoms with Crippen molar-refractivity contribution in [1.82, 2.24) is 30.1 Å². The number of pyridine rings is 1. The van der Waals surface area contributed by atoms with E-state index in [1.807, 2.05) is 36.4 Å². The zero-order valence-corrected chi connectivity index (χ0v) is 34.3. The van der Waals surface area contributed by atoms with Gasteiger partial charge < -0.3 is 20.1 Å². The number of piperazine rings is 1. The molecule has 62 heavy (non-hydrogen) atoms. The molecule has 4 aromatic carbocycles. The summed E-state index contributed by atoms with van der Waals surface area (Å²) in [5.41, 5.74) is 1.69. The Morgan fingerprint density at radius 1 is 0.903 bits per heavy atom. The third kappa shape index (κ3) is 7.68. The number of ether oxygens (including phenoxy) is 1. The maximum absolute atomic E-state index is 17.8. The molecule has 4 fully saturated rings. The van der Waals surface area contributed by atoms with Gasteiger partial charge >= 0.3 is 6.01 Å². The number of hydrogen-bond acceptors (Lipinski definition) is 9. The van der Waals surface area contributed by atoms with E-state index in [1.165, 1.54) is 24.3 Å². The highest BCUT2D eigenvalue weighted by Gasteiger charge is 2.49. The van der Waals surface area contributed by atoms with E-state index in [-0.39, 0.29) is 63.9 Å². The van der Waals surface area contributed by atoms with Gasteiger partial charge in [0, 0.05) is 62.2 Å². The van der Waals surface area contributed by atoms with Crippen LogP contribution in [0.5, 0.6) is 11.8 Å². The van der Waals surface area contributed by atoms with Crippen molar-refractivity contribution in [3.05, 3.63) is 119 Å². The first-order valence-electron chi connectivity index (χ1n) is 21.4. The molecule has 2 N–H and O–H groups in total. The van der Waals surface area contributed by atoms with Gasteiger partial charge in [-0.05, 0) is 72.9 Å². The minimum absolute atomic E-state index is 0.0371. The smallest absolute Gasteiger partial charge is 0.319 e. The third-order valence-corrected chi connectivity index (χ3v) is 13.0. The number of anilines is 1. The zero-order chi connectivity index (χ0) is 42.4. The second-order valence-corrected chi connectivity index (χ2v) is 17.2. The number of aromatic hydroxyl groups is 1. The molecule has 4 saturated heterocycles. The highest BCUT2D eigenvalue weighted by atomic mass is 19.1. The van der Waals surface area contributed by atoms with Gasteiger partial charge in [-0.2, -0.15) is 9.97 Å². The number of alkyl halides is 1. The van der Waals surface area contributed by atoms with Crippen molar-refractivity contribution >= 4 is 27.5 Å². The van der Waals surface area contributed by atoms with Crippen molar-refractivity contribution < 1.29 is 23.0 Å². The predicted molar refractivity (Wildman–Crippen MR) is 234 cm³/mol. The first-order chi connectivity index (χ1) is 30.2. The molecule has 2 aromatic heterocycles. The van der Waals surface area contributed by atoms with Crippen LogP contribution in [0.4, 0.5) is 19.0 Å². The van der Waals surface area contributed by atoms with Crippen LogP contribution in [0.25, 0.3) is 32.9 Å².